The van der Waals surface area contributed by atoms with Crippen LogP contribution in [-0.2, 0) is 6.54 Å². The predicted octanol–water partition coefficient (Wildman–Crippen LogP) is 2.51. The number of nitro groups is 1. The fourth-order valence-electron chi connectivity index (χ4n) is 2.90. The van der Waals surface area contributed by atoms with Gasteiger partial charge in [0.1, 0.15) is 5.69 Å². The zero-order valence-electron chi connectivity index (χ0n) is 12.7. The fourth-order valence-corrected chi connectivity index (χ4v) is 3.68. The summed E-state index contributed by atoms with van der Waals surface area (Å²) in [7, 11) is 0. The van der Waals surface area contributed by atoms with Gasteiger partial charge in [0.2, 0.25) is 5.82 Å². The second-order valence-corrected chi connectivity index (χ2v) is 6.18. The van der Waals surface area contributed by atoms with Crippen molar-refractivity contribution in [2.24, 2.45) is 0 Å². The molecule has 1 aliphatic heterocycles. The van der Waals surface area contributed by atoms with E-state index >= 15 is 0 Å². The standard InChI is InChI=1S/C14H19N5O2S/c1-3-18-14(13(19(20)21)11(2)15-18)17-8-6-16(7-9-17)12-5-4-10-22-12/h4-5,10H,3,6-9H2,1-2H3. The maximum atomic E-state index is 11.4. The van der Waals surface area contributed by atoms with Crippen LogP contribution >= 0.6 is 11.3 Å². The molecule has 8 heteroatoms. The van der Waals surface area contributed by atoms with E-state index in [2.05, 4.69) is 26.3 Å². The molecule has 2 aromatic rings. The SMILES string of the molecule is CCn1nc(C)c([N+](=O)[O-])c1N1CCN(c2cccs2)CC1. The van der Waals surface area contributed by atoms with Gasteiger partial charge in [-0.25, -0.2) is 4.68 Å². The lowest BCUT2D eigenvalue weighted by Crippen LogP contribution is -2.47. The molecule has 0 radical (unpaired) electrons. The zero-order chi connectivity index (χ0) is 15.7. The van der Waals surface area contributed by atoms with Gasteiger partial charge in [0.05, 0.1) is 9.92 Å². The summed E-state index contributed by atoms with van der Waals surface area (Å²) >= 11 is 1.73. The minimum atomic E-state index is -0.310. The van der Waals surface area contributed by atoms with Crippen molar-refractivity contribution in [1.82, 2.24) is 9.78 Å². The summed E-state index contributed by atoms with van der Waals surface area (Å²) in [6, 6.07) is 4.16. The Morgan fingerprint density at radius 2 is 2.00 bits per heavy atom. The van der Waals surface area contributed by atoms with Crippen molar-refractivity contribution in [3.05, 3.63) is 33.3 Å². The number of piperazine rings is 1. The summed E-state index contributed by atoms with van der Waals surface area (Å²) < 4.78 is 1.74. The van der Waals surface area contributed by atoms with Gasteiger partial charge < -0.3 is 9.80 Å². The highest BCUT2D eigenvalue weighted by Crippen LogP contribution is 2.33. The van der Waals surface area contributed by atoms with Crippen LogP contribution < -0.4 is 9.80 Å². The van der Waals surface area contributed by atoms with Crippen molar-refractivity contribution in [3.8, 4) is 0 Å². The van der Waals surface area contributed by atoms with Crippen molar-refractivity contribution in [2.45, 2.75) is 20.4 Å². The molecule has 22 heavy (non-hydrogen) atoms. The number of aryl methyl sites for hydroxylation is 2. The van der Waals surface area contributed by atoms with Crippen molar-refractivity contribution in [2.75, 3.05) is 36.0 Å². The van der Waals surface area contributed by atoms with Gasteiger partial charge in [-0.3, -0.25) is 10.1 Å². The summed E-state index contributed by atoms with van der Waals surface area (Å²) in [6.07, 6.45) is 0. The van der Waals surface area contributed by atoms with Crippen LogP contribution in [0.5, 0.6) is 0 Å². The first-order chi connectivity index (χ1) is 10.6. The Balaban J connectivity index is 1.83. The molecule has 0 N–H and O–H groups in total. The minimum Gasteiger partial charge on any atom is -0.360 e. The maximum Gasteiger partial charge on any atom is 0.333 e. The number of nitrogens with zero attached hydrogens (tertiary/aromatic N) is 5. The number of hydrogen-bond acceptors (Lipinski definition) is 6. The van der Waals surface area contributed by atoms with E-state index in [9.17, 15) is 10.1 Å². The van der Waals surface area contributed by atoms with Gasteiger partial charge >= 0.3 is 5.69 Å². The molecule has 0 spiro atoms. The van der Waals surface area contributed by atoms with Crippen LogP contribution in [0, 0.1) is 17.0 Å². The normalized spacial score (nSPS) is 15.4. The minimum absolute atomic E-state index is 0.145. The van der Waals surface area contributed by atoms with Crippen LogP contribution in [-0.4, -0.2) is 40.9 Å². The molecular formula is C14H19N5O2S. The van der Waals surface area contributed by atoms with Gasteiger partial charge in [-0.1, -0.05) is 0 Å². The Labute approximate surface area is 132 Å². The van der Waals surface area contributed by atoms with E-state index in [4.69, 9.17) is 0 Å². The quantitative estimate of drug-likeness (QED) is 0.639. The summed E-state index contributed by atoms with van der Waals surface area (Å²) in [5, 5.41) is 19.0. The lowest BCUT2D eigenvalue weighted by atomic mass is 10.3. The smallest absolute Gasteiger partial charge is 0.333 e. The van der Waals surface area contributed by atoms with E-state index in [1.807, 2.05) is 13.0 Å². The average Bonchev–Trinajstić information content (AvgIpc) is 3.14. The molecular weight excluding hydrogens is 302 g/mol. The van der Waals surface area contributed by atoms with Crippen molar-refractivity contribution in [3.63, 3.8) is 0 Å². The molecule has 0 bridgehead atoms. The third-order valence-electron chi connectivity index (χ3n) is 3.95. The van der Waals surface area contributed by atoms with E-state index in [0.29, 0.717) is 18.1 Å². The third kappa shape index (κ3) is 2.54. The topological polar surface area (TPSA) is 67.4 Å². The van der Waals surface area contributed by atoms with Crippen molar-refractivity contribution in [1.29, 1.82) is 0 Å². The Bertz CT molecular complexity index is 659. The fraction of sp³-hybridized carbons (Fsp3) is 0.500. The Hall–Kier alpha value is -2.09. The second kappa shape index (κ2) is 5.96. The van der Waals surface area contributed by atoms with Crippen LogP contribution in [0.1, 0.15) is 12.6 Å². The monoisotopic (exact) mass is 321 g/mol. The Morgan fingerprint density at radius 3 is 2.55 bits per heavy atom. The number of hydrogen-bond donors (Lipinski definition) is 0. The van der Waals surface area contributed by atoms with Gasteiger partial charge in [0, 0.05) is 32.7 Å². The van der Waals surface area contributed by atoms with Crippen molar-refractivity contribution >= 4 is 27.8 Å². The first-order valence-corrected chi connectivity index (χ1v) is 8.25. The molecule has 1 saturated heterocycles. The Kier molecular flexibility index (Phi) is 4.02. The molecule has 7 nitrogen and oxygen atoms in total. The van der Waals surface area contributed by atoms with Crippen LogP contribution in [0.15, 0.2) is 17.5 Å². The first-order valence-electron chi connectivity index (χ1n) is 7.37. The number of aromatic nitrogens is 2. The van der Waals surface area contributed by atoms with Gasteiger partial charge in [-0.15, -0.1) is 11.3 Å². The van der Waals surface area contributed by atoms with Crippen LogP contribution in [0.3, 0.4) is 0 Å². The lowest BCUT2D eigenvalue weighted by molar-refractivity contribution is -0.384. The molecule has 118 valence electrons. The predicted molar refractivity (Wildman–Crippen MR) is 88.0 cm³/mol. The number of rotatable bonds is 4. The van der Waals surface area contributed by atoms with Gasteiger partial charge in [0.15, 0.2) is 0 Å². The highest BCUT2D eigenvalue weighted by molar-refractivity contribution is 7.14. The lowest BCUT2D eigenvalue weighted by Gasteiger charge is -2.36. The molecule has 0 unspecified atom stereocenters. The maximum absolute atomic E-state index is 11.4. The summed E-state index contributed by atoms with van der Waals surface area (Å²) in [5.41, 5.74) is 0.633. The second-order valence-electron chi connectivity index (χ2n) is 5.26. The van der Waals surface area contributed by atoms with Gasteiger partial charge in [0.25, 0.3) is 0 Å². The molecule has 0 aromatic carbocycles. The molecule has 0 aliphatic carbocycles. The summed E-state index contributed by atoms with van der Waals surface area (Å²) in [5.74, 6) is 0.649. The largest absolute Gasteiger partial charge is 0.360 e. The summed E-state index contributed by atoms with van der Waals surface area (Å²) in [6.45, 7) is 7.57. The van der Waals surface area contributed by atoms with Gasteiger partial charge in [-0.05, 0) is 31.4 Å². The average molecular weight is 321 g/mol. The molecule has 0 saturated carbocycles. The number of thiophene rings is 1. The van der Waals surface area contributed by atoms with Crippen LogP contribution in [0.25, 0.3) is 0 Å². The summed E-state index contributed by atoms with van der Waals surface area (Å²) in [4.78, 5) is 15.5. The molecule has 3 heterocycles. The van der Waals surface area contributed by atoms with Gasteiger partial charge in [-0.2, -0.15) is 5.10 Å². The number of anilines is 2. The zero-order valence-corrected chi connectivity index (χ0v) is 13.5. The van der Waals surface area contributed by atoms with E-state index < -0.39 is 0 Å². The first kappa shape index (κ1) is 14.8. The molecule has 2 aromatic heterocycles. The van der Waals surface area contributed by atoms with E-state index in [0.717, 1.165) is 26.2 Å². The highest BCUT2D eigenvalue weighted by atomic mass is 32.1. The van der Waals surface area contributed by atoms with Crippen molar-refractivity contribution < 1.29 is 4.92 Å². The molecule has 0 atom stereocenters. The van der Waals surface area contributed by atoms with Crippen LogP contribution in [0.2, 0.25) is 0 Å². The highest BCUT2D eigenvalue weighted by Gasteiger charge is 2.31. The molecule has 3 rings (SSSR count). The van der Waals surface area contributed by atoms with E-state index in [1.165, 1.54) is 5.00 Å². The molecule has 1 fully saturated rings. The van der Waals surface area contributed by atoms with Crippen LogP contribution in [0.4, 0.5) is 16.5 Å². The molecule has 1 aliphatic rings. The third-order valence-corrected chi connectivity index (χ3v) is 4.88. The van der Waals surface area contributed by atoms with E-state index in [1.54, 1.807) is 22.9 Å². The van der Waals surface area contributed by atoms with E-state index in [-0.39, 0.29) is 10.6 Å². The Morgan fingerprint density at radius 1 is 1.32 bits per heavy atom. The molecule has 0 amide bonds.